The number of pyridine rings is 1. The molecule has 2 rings (SSSR count). The number of hydrogen-bond donors (Lipinski definition) is 1. The van der Waals surface area contributed by atoms with Crippen LogP contribution in [0.5, 0.6) is 0 Å². The Hall–Kier alpha value is -2.54. The Kier molecular flexibility index (Phi) is 3.44. The average Bonchev–Trinajstić information content (AvgIpc) is 2.39. The molecule has 1 aromatic heterocycles. The average molecular weight is 238 g/mol. The van der Waals surface area contributed by atoms with Crippen LogP contribution in [0.2, 0.25) is 0 Å². The largest absolute Gasteiger partial charge is 0.376 e. The third kappa shape index (κ3) is 2.58. The first-order chi connectivity index (χ1) is 8.70. The number of nitriles is 1. The molecule has 0 saturated carbocycles. The molecular weight excluding hydrogens is 224 g/mol. The second-order valence-electron chi connectivity index (χ2n) is 4.06. The lowest BCUT2D eigenvalue weighted by Crippen LogP contribution is -2.11. The molecule has 0 unspecified atom stereocenters. The van der Waals surface area contributed by atoms with E-state index in [4.69, 9.17) is 5.26 Å². The molecule has 0 fully saturated rings. The molecule has 4 nitrogen and oxygen atoms in total. The molecule has 0 aliphatic carbocycles. The number of hydrogen-bond acceptors (Lipinski definition) is 4. The molecule has 0 saturated heterocycles. The van der Waals surface area contributed by atoms with Crippen LogP contribution in [0.4, 0.5) is 17.2 Å². The lowest BCUT2D eigenvalue weighted by molar-refractivity contribution is 1.13. The number of benzene rings is 1. The number of nitrogens with zero attached hydrogens (tertiary/aromatic N) is 3. The molecule has 1 aromatic carbocycles. The summed E-state index contributed by atoms with van der Waals surface area (Å²) in [6.07, 6.45) is 0. The number of nitrogens with one attached hydrogen (secondary N) is 1. The van der Waals surface area contributed by atoms with Crippen molar-refractivity contribution in [3.8, 4) is 6.07 Å². The minimum Gasteiger partial charge on any atom is -0.376 e. The summed E-state index contributed by atoms with van der Waals surface area (Å²) in [6, 6.07) is 15.3. The summed E-state index contributed by atoms with van der Waals surface area (Å²) < 4.78 is 0. The van der Waals surface area contributed by atoms with E-state index in [1.54, 1.807) is 6.07 Å². The topological polar surface area (TPSA) is 52.0 Å². The number of para-hydroxylation sites is 2. The van der Waals surface area contributed by atoms with Crippen LogP contribution in [-0.2, 0) is 0 Å². The van der Waals surface area contributed by atoms with Crippen LogP contribution in [0.15, 0.2) is 42.5 Å². The molecule has 0 aliphatic heterocycles. The monoisotopic (exact) mass is 238 g/mol. The van der Waals surface area contributed by atoms with Gasteiger partial charge in [0.05, 0.1) is 11.4 Å². The van der Waals surface area contributed by atoms with Crippen molar-refractivity contribution in [2.45, 2.75) is 0 Å². The summed E-state index contributed by atoms with van der Waals surface area (Å²) in [7, 11) is 3.97. The molecule has 90 valence electrons. The number of anilines is 3. The summed E-state index contributed by atoms with van der Waals surface area (Å²) in [6.45, 7) is 0. The van der Waals surface area contributed by atoms with Crippen molar-refractivity contribution in [3.63, 3.8) is 0 Å². The van der Waals surface area contributed by atoms with E-state index < -0.39 is 0 Å². The Morgan fingerprint density at radius 3 is 2.61 bits per heavy atom. The van der Waals surface area contributed by atoms with E-state index >= 15 is 0 Å². The first-order valence-corrected chi connectivity index (χ1v) is 5.61. The van der Waals surface area contributed by atoms with Gasteiger partial charge in [-0.3, -0.25) is 0 Å². The summed E-state index contributed by atoms with van der Waals surface area (Å²) in [5.74, 6) is 0.670. The second-order valence-corrected chi connectivity index (χ2v) is 4.06. The van der Waals surface area contributed by atoms with Crippen LogP contribution in [-0.4, -0.2) is 19.1 Å². The minimum atomic E-state index is 0.405. The van der Waals surface area contributed by atoms with Crippen molar-refractivity contribution < 1.29 is 0 Å². The van der Waals surface area contributed by atoms with Gasteiger partial charge in [-0.25, -0.2) is 4.98 Å². The van der Waals surface area contributed by atoms with Crippen molar-refractivity contribution in [2.75, 3.05) is 24.3 Å². The van der Waals surface area contributed by atoms with Gasteiger partial charge in [-0.1, -0.05) is 18.2 Å². The van der Waals surface area contributed by atoms with Gasteiger partial charge in [0.25, 0.3) is 0 Å². The molecule has 0 aliphatic rings. The summed E-state index contributed by atoms with van der Waals surface area (Å²) in [4.78, 5) is 6.22. The molecule has 2 aromatic rings. The highest BCUT2D eigenvalue weighted by Gasteiger charge is 2.04. The van der Waals surface area contributed by atoms with Crippen LogP contribution in [0, 0.1) is 11.3 Å². The van der Waals surface area contributed by atoms with E-state index in [0.717, 1.165) is 11.4 Å². The zero-order valence-corrected chi connectivity index (χ0v) is 10.4. The van der Waals surface area contributed by atoms with Crippen LogP contribution in [0.1, 0.15) is 5.69 Å². The Balaban J connectivity index is 2.31. The maximum atomic E-state index is 8.82. The van der Waals surface area contributed by atoms with Crippen molar-refractivity contribution in [1.29, 1.82) is 5.26 Å². The van der Waals surface area contributed by atoms with Crippen molar-refractivity contribution in [3.05, 3.63) is 48.2 Å². The van der Waals surface area contributed by atoms with E-state index in [0.29, 0.717) is 11.5 Å². The summed E-state index contributed by atoms with van der Waals surface area (Å²) >= 11 is 0. The molecule has 0 bridgehead atoms. The molecule has 0 spiro atoms. The summed E-state index contributed by atoms with van der Waals surface area (Å²) in [5.41, 5.74) is 2.44. The van der Waals surface area contributed by atoms with Crippen LogP contribution >= 0.6 is 0 Å². The quantitative estimate of drug-likeness (QED) is 0.893. The van der Waals surface area contributed by atoms with E-state index in [1.165, 1.54) is 0 Å². The van der Waals surface area contributed by atoms with Crippen LogP contribution in [0.3, 0.4) is 0 Å². The zero-order chi connectivity index (χ0) is 13.0. The first kappa shape index (κ1) is 11.9. The van der Waals surface area contributed by atoms with Gasteiger partial charge in [-0.05, 0) is 24.3 Å². The van der Waals surface area contributed by atoms with Gasteiger partial charge >= 0.3 is 0 Å². The standard InChI is InChI=1S/C14H14N4/c1-18(2)13-8-4-3-7-12(13)17-14-9-5-6-11(10-15)16-14/h3-9H,1-2H3,(H,16,17). The maximum Gasteiger partial charge on any atom is 0.142 e. The lowest BCUT2D eigenvalue weighted by atomic mass is 10.2. The fraction of sp³-hybridized carbons (Fsp3) is 0.143. The minimum absolute atomic E-state index is 0.405. The van der Waals surface area contributed by atoms with Gasteiger partial charge in [0.15, 0.2) is 0 Å². The molecule has 0 atom stereocenters. The fourth-order valence-electron chi connectivity index (χ4n) is 1.67. The van der Waals surface area contributed by atoms with Crippen molar-refractivity contribution in [2.24, 2.45) is 0 Å². The van der Waals surface area contributed by atoms with E-state index in [-0.39, 0.29) is 0 Å². The Labute approximate surface area is 107 Å². The lowest BCUT2D eigenvalue weighted by Gasteiger charge is -2.17. The smallest absolute Gasteiger partial charge is 0.142 e. The van der Waals surface area contributed by atoms with Gasteiger partial charge in [0.2, 0.25) is 0 Å². The molecule has 0 radical (unpaired) electrons. The van der Waals surface area contributed by atoms with Crippen molar-refractivity contribution in [1.82, 2.24) is 4.98 Å². The van der Waals surface area contributed by atoms with Crippen molar-refractivity contribution >= 4 is 17.2 Å². The van der Waals surface area contributed by atoms with Crippen LogP contribution in [0.25, 0.3) is 0 Å². The molecule has 1 heterocycles. The third-order valence-electron chi connectivity index (χ3n) is 2.51. The maximum absolute atomic E-state index is 8.82. The SMILES string of the molecule is CN(C)c1ccccc1Nc1cccc(C#N)n1. The van der Waals surface area contributed by atoms with Crippen LogP contribution < -0.4 is 10.2 Å². The van der Waals surface area contributed by atoms with Gasteiger partial charge in [-0.2, -0.15) is 5.26 Å². The molecular formula is C14H14N4. The Bertz CT molecular complexity index is 584. The number of aromatic nitrogens is 1. The molecule has 1 N–H and O–H groups in total. The highest BCUT2D eigenvalue weighted by molar-refractivity contribution is 5.73. The Morgan fingerprint density at radius 2 is 1.89 bits per heavy atom. The highest BCUT2D eigenvalue weighted by Crippen LogP contribution is 2.26. The first-order valence-electron chi connectivity index (χ1n) is 5.61. The van der Waals surface area contributed by atoms with Gasteiger partial charge in [0, 0.05) is 14.1 Å². The number of rotatable bonds is 3. The van der Waals surface area contributed by atoms with Gasteiger partial charge in [0.1, 0.15) is 17.6 Å². The molecule has 0 amide bonds. The van der Waals surface area contributed by atoms with E-state index in [2.05, 4.69) is 10.3 Å². The fourth-order valence-corrected chi connectivity index (χ4v) is 1.67. The summed E-state index contributed by atoms with van der Waals surface area (Å²) in [5, 5.41) is 12.0. The van der Waals surface area contributed by atoms with E-state index in [1.807, 2.05) is 61.5 Å². The second kappa shape index (κ2) is 5.19. The molecule has 18 heavy (non-hydrogen) atoms. The Morgan fingerprint density at radius 1 is 1.11 bits per heavy atom. The predicted molar refractivity (Wildman–Crippen MR) is 73.0 cm³/mol. The zero-order valence-electron chi connectivity index (χ0n) is 10.4. The van der Waals surface area contributed by atoms with E-state index in [9.17, 15) is 0 Å². The normalized spacial score (nSPS) is 9.61. The van der Waals surface area contributed by atoms with Gasteiger partial charge in [-0.15, -0.1) is 0 Å². The predicted octanol–water partition coefficient (Wildman–Crippen LogP) is 2.76. The molecule has 4 heteroatoms. The highest BCUT2D eigenvalue weighted by atomic mass is 15.1. The van der Waals surface area contributed by atoms with Gasteiger partial charge < -0.3 is 10.2 Å². The third-order valence-corrected chi connectivity index (χ3v) is 2.51.